The Kier molecular flexibility index (Phi) is 3.85. The number of nitrogens with two attached hydrogens (primary N) is 1. The third-order valence-electron chi connectivity index (χ3n) is 2.16. The summed E-state index contributed by atoms with van der Waals surface area (Å²) in [6.45, 7) is 4.35. The van der Waals surface area contributed by atoms with Crippen LogP contribution >= 0.6 is 0 Å². The first-order chi connectivity index (χ1) is 7.07. The summed E-state index contributed by atoms with van der Waals surface area (Å²) < 4.78 is 10.4. The fourth-order valence-electron chi connectivity index (χ4n) is 0.840. The van der Waals surface area contributed by atoms with Crippen molar-refractivity contribution in [1.82, 2.24) is 9.97 Å². The number of methoxy groups -OCH3 is 1. The smallest absolute Gasteiger partial charge is 0.235 e. The highest BCUT2D eigenvalue weighted by Crippen LogP contribution is 2.13. The fraction of sp³-hybridized carbons (Fsp3) is 0.600. The van der Waals surface area contributed by atoms with Gasteiger partial charge in [-0.15, -0.1) is 0 Å². The van der Waals surface area contributed by atoms with Gasteiger partial charge in [-0.25, -0.2) is 0 Å². The van der Waals surface area contributed by atoms with Crippen molar-refractivity contribution in [2.45, 2.75) is 25.8 Å². The molecule has 15 heavy (non-hydrogen) atoms. The molecule has 0 amide bonds. The van der Waals surface area contributed by atoms with Crippen molar-refractivity contribution < 1.29 is 9.47 Å². The molecule has 0 saturated carbocycles. The molecule has 0 radical (unpaired) electrons. The van der Waals surface area contributed by atoms with Gasteiger partial charge in [0.15, 0.2) is 0 Å². The molecule has 84 valence electrons. The van der Waals surface area contributed by atoms with Gasteiger partial charge in [0.2, 0.25) is 11.8 Å². The number of hydrogen-bond donors (Lipinski definition) is 1. The summed E-state index contributed by atoms with van der Waals surface area (Å²) in [6.07, 6.45) is 3.90. The van der Waals surface area contributed by atoms with Gasteiger partial charge in [-0.2, -0.15) is 4.98 Å². The number of aromatic nitrogens is 2. The van der Waals surface area contributed by atoms with Gasteiger partial charge < -0.3 is 15.2 Å². The fourth-order valence-corrected chi connectivity index (χ4v) is 0.840. The van der Waals surface area contributed by atoms with Crippen LogP contribution in [0.2, 0.25) is 0 Å². The molecule has 5 heteroatoms. The van der Waals surface area contributed by atoms with Gasteiger partial charge in [-0.1, -0.05) is 6.92 Å². The summed E-state index contributed by atoms with van der Waals surface area (Å²) in [4.78, 5) is 7.99. The zero-order chi connectivity index (χ0) is 11.3. The summed E-state index contributed by atoms with van der Waals surface area (Å²) in [6, 6.07) is 0. The first-order valence-electron chi connectivity index (χ1n) is 4.85. The first kappa shape index (κ1) is 11.7. The minimum atomic E-state index is -0.343. The molecule has 2 N–H and O–H groups in total. The quantitative estimate of drug-likeness (QED) is 0.786. The lowest BCUT2D eigenvalue weighted by Crippen LogP contribution is -2.41. The lowest BCUT2D eigenvalue weighted by molar-refractivity contribution is 0.215. The van der Waals surface area contributed by atoms with Crippen LogP contribution < -0.4 is 15.2 Å². The summed E-state index contributed by atoms with van der Waals surface area (Å²) in [5, 5.41) is 0. The molecule has 1 unspecified atom stereocenters. The predicted molar refractivity (Wildman–Crippen MR) is 57.0 cm³/mol. The van der Waals surface area contributed by atoms with Crippen molar-refractivity contribution in [1.29, 1.82) is 0 Å². The minimum absolute atomic E-state index is 0.343. The van der Waals surface area contributed by atoms with E-state index in [0.29, 0.717) is 18.4 Å². The Morgan fingerprint density at radius 2 is 2.07 bits per heavy atom. The van der Waals surface area contributed by atoms with E-state index in [-0.39, 0.29) is 5.54 Å². The molecule has 1 heterocycles. The van der Waals surface area contributed by atoms with E-state index in [2.05, 4.69) is 9.97 Å². The maximum Gasteiger partial charge on any atom is 0.235 e. The third-order valence-corrected chi connectivity index (χ3v) is 2.16. The van der Waals surface area contributed by atoms with Gasteiger partial charge in [-0.3, -0.25) is 4.98 Å². The molecule has 0 fully saturated rings. The lowest BCUT2D eigenvalue weighted by Gasteiger charge is -2.22. The highest BCUT2D eigenvalue weighted by molar-refractivity contribution is 5.12. The maximum absolute atomic E-state index is 5.93. The summed E-state index contributed by atoms with van der Waals surface area (Å²) >= 11 is 0. The van der Waals surface area contributed by atoms with Crippen LogP contribution in [0.3, 0.4) is 0 Å². The Labute approximate surface area is 89.6 Å². The van der Waals surface area contributed by atoms with E-state index >= 15 is 0 Å². The molecule has 0 aliphatic heterocycles. The Bertz CT molecular complexity index is 315. The standard InChI is InChI=1S/C10H17N3O2/c1-4-10(2,11)7-15-9-6-12-5-8(13-9)14-3/h5-6H,4,7,11H2,1-3H3. The summed E-state index contributed by atoms with van der Waals surface area (Å²) in [5.41, 5.74) is 5.59. The molecular formula is C10H17N3O2. The van der Waals surface area contributed by atoms with Crippen molar-refractivity contribution in [2.24, 2.45) is 5.73 Å². The van der Waals surface area contributed by atoms with Gasteiger partial charge in [0.1, 0.15) is 6.61 Å². The zero-order valence-corrected chi connectivity index (χ0v) is 9.36. The van der Waals surface area contributed by atoms with Gasteiger partial charge in [0.05, 0.1) is 19.5 Å². The molecule has 0 aliphatic rings. The zero-order valence-electron chi connectivity index (χ0n) is 9.36. The van der Waals surface area contributed by atoms with Crippen molar-refractivity contribution in [3.8, 4) is 11.8 Å². The summed E-state index contributed by atoms with van der Waals surface area (Å²) in [5.74, 6) is 0.863. The average molecular weight is 211 g/mol. The molecule has 1 rings (SSSR count). The highest BCUT2D eigenvalue weighted by Gasteiger charge is 2.16. The molecule has 1 aromatic rings. The number of nitrogens with zero attached hydrogens (tertiary/aromatic N) is 2. The average Bonchev–Trinajstić information content (AvgIpc) is 2.27. The second-order valence-corrected chi connectivity index (χ2v) is 3.70. The van der Waals surface area contributed by atoms with Crippen LogP contribution in [0.15, 0.2) is 12.4 Å². The van der Waals surface area contributed by atoms with Crippen LogP contribution in [0.4, 0.5) is 0 Å². The van der Waals surface area contributed by atoms with E-state index in [9.17, 15) is 0 Å². The van der Waals surface area contributed by atoms with Gasteiger partial charge in [0, 0.05) is 5.54 Å². The summed E-state index contributed by atoms with van der Waals surface area (Å²) in [7, 11) is 1.53. The third kappa shape index (κ3) is 3.71. The highest BCUT2D eigenvalue weighted by atomic mass is 16.5. The van der Waals surface area contributed by atoms with E-state index in [1.165, 1.54) is 19.5 Å². The van der Waals surface area contributed by atoms with Crippen molar-refractivity contribution in [3.05, 3.63) is 12.4 Å². The van der Waals surface area contributed by atoms with Crippen LogP contribution in [0, 0.1) is 0 Å². The van der Waals surface area contributed by atoms with Crippen molar-refractivity contribution in [3.63, 3.8) is 0 Å². The molecule has 0 saturated heterocycles. The van der Waals surface area contributed by atoms with Crippen molar-refractivity contribution in [2.75, 3.05) is 13.7 Å². The van der Waals surface area contributed by atoms with Gasteiger partial charge in [0.25, 0.3) is 0 Å². The molecule has 0 aromatic carbocycles. The number of rotatable bonds is 5. The maximum atomic E-state index is 5.93. The van der Waals surface area contributed by atoms with Crippen LogP contribution in [-0.4, -0.2) is 29.2 Å². The molecule has 1 aromatic heterocycles. The predicted octanol–water partition coefficient (Wildman–Crippen LogP) is 0.991. The van der Waals surface area contributed by atoms with E-state index in [1.54, 1.807) is 0 Å². The second-order valence-electron chi connectivity index (χ2n) is 3.70. The Morgan fingerprint density at radius 1 is 1.40 bits per heavy atom. The molecule has 0 bridgehead atoms. The normalized spacial score (nSPS) is 14.4. The van der Waals surface area contributed by atoms with E-state index < -0.39 is 0 Å². The molecule has 0 spiro atoms. The minimum Gasteiger partial charge on any atom is -0.480 e. The van der Waals surface area contributed by atoms with Crippen molar-refractivity contribution >= 4 is 0 Å². The monoisotopic (exact) mass is 211 g/mol. The number of ether oxygens (including phenoxy) is 2. The lowest BCUT2D eigenvalue weighted by atomic mass is 10.0. The Balaban J connectivity index is 2.57. The van der Waals surface area contributed by atoms with Crippen LogP contribution in [-0.2, 0) is 0 Å². The second kappa shape index (κ2) is 4.93. The van der Waals surface area contributed by atoms with Gasteiger partial charge >= 0.3 is 0 Å². The largest absolute Gasteiger partial charge is 0.480 e. The van der Waals surface area contributed by atoms with Gasteiger partial charge in [-0.05, 0) is 13.3 Å². The molecule has 1 atom stereocenters. The topological polar surface area (TPSA) is 70.3 Å². The Hall–Kier alpha value is -1.36. The molecule has 5 nitrogen and oxygen atoms in total. The number of hydrogen-bond acceptors (Lipinski definition) is 5. The van der Waals surface area contributed by atoms with E-state index in [0.717, 1.165) is 6.42 Å². The van der Waals surface area contributed by atoms with Crippen LogP contribution in [0.5, 0.6) is 11.8 Å². The molecular weight excluding hydrogens is 194 g/mol. The molecule has 0 aliphatic carbocycles. The van der Waals surface area contributed by atoms with E-state index in [4.69, 9.17) is 15.2 Å². The van der Waals surface area contributed by atoms with Crippen LogP contribution in [0.25, 0.3) is 0 Å². The Morgan fingerprint density at radius 3 is 2.67 bits per heavy atom. The van der Waals surface area contributed by atoms with E-state index in [1.807, 2.05) is 13.8 Å². The first-order valence-corrected chi connectivity index (χ1v) is 4.85. The SMILES string of the molecule is CCC(C)(N)COc1cncc(OC)n1. The van der Waals surface area contributed by atoms with Crippen LogP contribution in [0.1, 0.15) is 20.3 Å².